The van der Waals surface area contributed by atoms with Gasteiger partial charge in [-0.3, -0.25) is 19.2 Å². The van der Waals surface area contributed by atoms with Crippen molar-refractivity contribution in [3.05, 3.63) is 56.6 Å². The van der Waals surface area contributed by atoms with Crippen LogP contribution in [0, 0.1) is 11.7 Å². The molecule has 3 rings (SSSR count). The quantitative estimate of drug-likeness (QED) is 0.572. The summed E-state index contributed by atoms with van der Waals surface area (Å²) >= 11 is 0. The zero-order valence-corrected chi connectivity index (χ0v) is 13.8. The molecule has 0 bridgehead atoms. The smallest absolute Gasteiger partial charge is 0.298 e. The molecule has 1 aliphatic rings. The molecule has 0 radical (unpaired) electrons. The van der Waals surface area contributed by atoms with E-state index in [4.69, 9.17) is 0 Å². The van der Waals surface area contributed by atoms with Crippen molar-refractivity contribution in [3.8, 4) is 5.69 Å². The SMILES string of the molecule is Cn1nc(C(=O)C2C(=O)CCCC2=O)c(=O)n(-c2ccc(F)cc2)c1=O. The maximum atomic E-state index is 13.1. The molecule has 1 aromatic heterocycles. The van der Waals surface area contributed by atoms with Crippen molar-refractivity contribution in [1.29, 1.82) is 0 Å². The molecule has 0 aliphatic heterocycles. The van der Waals surface area contributed by atoms with E-state index >= 15 is 0 Å². The molecule has 1 heterocycles. The number of nitrogens with zero attached hydrogens (tertiary/aromatic N) is 3. The fourth-order valence-corrected chi connectivity index (χ4v) is 2.88. The number of carbonyl (C=O) groups excluding carboxylic acids is 3. The maximum Gasteiger partial charge on any atom is 0.351 e. The van der Waals surface area contributed by atoms with Gasteiger partial charge in [-0.2, -0.15) is 5.10 Å². The molecule has 1 aromatic carbocycles. The first-order valence-corrected chi connectivity index (χ1v) is 7.87. The number of benzene rings is 1. The number of aryl methyl sites for hydroxylation is 1. The van der Waals surface area contributed by atoms with E-state index in [0.29, 0.717) is 11.0 Å². The van der Waals surface area contributed by atoms with E-state index in [2.05, 4.69) is 5.10 Å². The minimum atomic E-state index is -1.57. The molecule has 2 aromatic rings. The Morgan fingerprint density at radius 1 is 1.08 bits per heavy atom. The van der Waals surface area contributed by atoms with E-state index in [1.165, 1.54) is 19.2 Å². The highest BCUT2D eigenvalue weighted by atomic mass is 19.1. The summed E-state index contributed by atoms with van der Waals surface area (Å²) < 4.78 is 14.5. The molecule has 8 nitrogen and oxygen atoms in total. The minimum absolute atomic E-state index is 0.0368. The van der Waals surface area contributed by atoms with Crippen LogP contribution in [0.4, 0.5) is 4.39 Å². The fourth-order valence-electron chi connectivity index (χ4n) is 2.88. The predicted octanol–water partition coefficient (Wildman–Crippen LogP) is 0.191. The number of ketones is 3. The van der Waals surface area contributed by atoms with Gasteiger partial charge in [-0.05, 0) is 30.7 Å². The Morgan fingerprint density at radius 2 is 1.65 bits per heavy atom. The van der Waals surface area contributed by atoms with Gasteiger partial charge in [0.05, 0.1) is 5.69 Å². The highest BCUT2D eigenvalue weighted by Crippen LogP contribution is 2.20. The molecule has 0 atom stereocenters. The van der Waals surface area contributed by atoms with Crippen LogP contribution >= 0.6 is 0 Å². The van der Waals surface area contributed by atoms with Crippen molar-refractivity contribution < 1.29 is 18.8 Å². The van der Waals surface area contributed by atoms with Gasteiger partial charge in [-0.1, -0.05) is 0 Å². The van der Waals surface area contributed by atoms with Gasteiger partial charge >= 0.3 is 5.69 Å². The zero-order chi connectivity index (χ0) is 19.0. The van der Waals surface area contributed by atoms with E-state index in [9.17, 15) is 28.4 Å². The zero-order valence-electron chi connectivity index (χ0n) is 13.8. The Morgan fingerprint density at radius 3 is 2.23 bits per heavy atom. The Bertz CT molecular complexity index is 1020. The van der Waals surface area contributed by atoms with Crippen molar-refractivity contribution >= 4 is 17.3 Å². The summed E-state index contributed by atoms with van der Waals surface area (Å²) in [6.45, 7) is 0. The summed E-state index contributed by atoms with van der Waals surface area (Å²) in [5.41, 5.74) is -2.55. The third-order valence-corrected chi connectivity index (χ3v) is 4.19. The van der Waals surface area contributed by atoms with Crippen LogP contribution in [-0.2, 0) is 16.6 Å². The van der Waals surface area contributed by atoms with E-state index < -0.39 is 46.0 Å². The number of hydrogen-bond donors (Lipinski definition) is 0. The van der Waals surface area contributed by atoms with Gasteiger partial charge in [0.25, 0.3) is 5.56 Å². The van der Waals surface area contributed by atoms with Gasteiger partial charge in [-0.15, -0.1) is 0 Å². The van der Waals surface area contributed by atoms with Crippen molar-refractivity contribution in [2.75, 3.05) is 0 Å². The average molecular weight is 359 g/mol. The topological polar surface area (TPSA) is 108 Å². The number of hydrogen-bond acceptors (Lipinski definition) is 6. The second-order valence-electron chi connectivity index (χ2n) is 5.96. The molecule has 1 saturated carbocycles. The van der Waals surface area contributed by atoms with E-state index in [-0.39, 0.29) is 18.5 Å². The van der Waals surface area contributed by atoms with Crippen LogP contribution in [0.2, 0.25) is 0 Å². The third kappa shape index (κ3) is 2.92. The van der Waals surface area contributed by atoms with Crippen LogP contribution in [0.25, 0.3) is 5.69 Å². The largest absolute Gasteiger partial charge is 0.351 e. The lowest BCUT2D eigenvalue weighted by Crippen LogP contribution is -2.45. The van der Waals surface area contributed by atoms with Crippen LogP contribution in [0.3, 0.4) is 0 Å². The van der Waals surface area contributed by atoms with Gasteiger partial charge in [0.15, 0.2) is 17.3 Å². The molecule has 26 heavy (non-hydrogen) atoms. The average Bonchev–Trinajstić information content (AvgIpc) is 2.59. The van der Waals surface area contributed by atoms with Crippen molar-refractivity contribution in [2.24, 2.45) is 13.0 Å². The van der Waals surface area contributed by atoms with Gasteiger partial charge < -0.3 is 0 Å². The summed E-state index contributed by atoms with van der Waals surface area (Å²) in [5, 5.41) is 3.66. The van der Waals surface area contributed by atoms with Gasteiger partial charge in [-0.25, -0.2) is 18.4 Å². The number of carbonyl (C=O) groups is 3. The Kier molecular flexibility index (Phi) is 4.45. The lowest BCUT2D eigenvalue weighted by atomic mass is 9.83. The summed E-state index contributed by atoms with van der Waals surface area (Å²) in [4.78, 5) is 61.6. The summed E-state index contributed by atoms with van der Waals surface area (Å²) in [7, 11) is 1.23. The molecule has 1 aliphatic carbocycles. The predicted molar refractivity (Wildman–Crippen MR) is 86.7 cm³/mol. The van der Waals surface area contributed by atoms with Crippen molar-refractivity contribution in [2.45, 2.75) is 19.3 Å². The number of aromatic nitrogens is 3. The Balaban J connectivity index is 2.18. The first kappa shape index (κ1) is 17.6. The molecule has 1 fully saturated rings. The standard InChI is InChI=1S/C17H14FN3O5/c1-20-17(26)21(10-7-5-9(18)6-8-10)16(25)14(19-20)15(24)13-11(22)3-2-4-12(13)23/h5-8,13H,2-4H2,1H3. The minimum Gasteiger partial charge on any atom is -0.298 e. The first-order valence-electron chi connectivity index (χ1n) is 7.87. The highest BCUT2D eigenvalue weighted by molar-refractivity contribution is 6.24. The van der Waals surface area contributed by atoms with Gasteiger partial charge in [0.1, 0.15) is 11.7 Å². The molecular weight excluding hydrogens is 345 g/mol. The van der Waals surface area contributed by atoms with Crippen LogP contribution in [0.1, 0.15) is 29.8 Å². The highest BCUT2D eigenvalue weighted by Gasteiger charge is 2.39. The molecule has 0 spiro atoms. The van der Waals surface area contributed by atoms with E-state index in [1.54, 1.807) is 0 Å². The van der Waals surface area contributed by atoms with Crippen LogP contribution in [0.5, 0.6) is 0 Å². The molecule has 0 unspecified atom stereocenters. The summed E-state index contributed by atoms with van der Waals surface area (Å²) in [6.07, 6.45) is 0.502. The lowest BCUT2D eigenvalue weighted by Gasteiger charge is -2.18. The fraction of sp³-hybridized carbons (Fsp3) is 0.294. The first-order chi connectivity index (χ1) is 12.3. The normalized spacial score (nSPS) is 15.3. The van der Waals surface area contributed by atoms with Crippen LogP contribution in [0.15, 0.2) is 33.9 Å². The third-order valence-electron chi connectivity index (χ3n) is 4.19. The molecule has 0 amide bonds. The second-order valence-corrected chi connectivity index (χ2v) is 5.96. The number of halogens is 1. The monoisotopic (exact) mass is 359 g/mol. The van der Waals surface area contributed by atoms with Gasteiger partial charge in [0.2, 0.25) is 5.78 Å². The molecule has 0 saturated heterocycles. The second kappa shape index (κ2) is 6.58. The van der Waals surface area contributed by atoms with Crippen LogP contribution in [-0.4, -0.2) is 31.7 Å². The summed E-state index contributed by atoms with van der Waals surface area (Å²) in [6, 6.07) is 4.50. The molecule has 9 heteroatoms. The lowest BCUT2D eigenvalue weighted by molar-refractivity contribution is -0.133. The van der Waals surface area contributed by atoms with E-state index in [1.807, 2.05) is 0 Å². The summed E-state index contributed by atoms with van der Waals surface area (Å²) in [5.74, 6) is -4.27. The Hall–Kier alpha value is -3.23. The van der Waals surface area contributed by atoms with Crippen molar-refractivity contribution in [3.63, 3.8) is 0 Å². The number of rotatable bonds is 3. The number of Topliss-reactive ketones (excluding diaryl/α,β-unsaturated/α-hetero) is 3. The van der Waals surface area contributed by atoms with Crippen molar-refractivity contribution in [1.82, 2.24) is 14.3 Å². The maximum absolute atomic E-state index is 13.1. The van der Waals surface area contributed by atoms with Gasteiger partial charge in [0, 0.05) is 19.9 Å². The molecule has 134 valence electrons. The van der Waals surface area contributed by atoms with E-state index in [0.717, 1.165) is 16.8 Å². The molecule has 0 N–H and O–H groups in total. The Labute approximate surface area is 145 Å². The van der Waals surface area contributed by atoms with Crippen LogP contribution < -0.4 is 11.2 Å². The molecular formula is C17H14FN3O5.